The average Bonchev–Trinajstić information content (AvgIpc) is 2.49. The number of hydrogen-bond donors (Lipinski definition) is 1. The Morgan fingerprint density at radius 1 is 1.30 bits per heavy atom. The molecule has 0 aliphatic carbocycles. The van der Waals surface area contributed by atoms with Gasteiger partial charge in [0, 0.05) is 18.3 Å². The molecule has 0 amide bonds. The van der Waals surface area contributed by atoms with Crippen LogP contribution in [0.15, 0.2) is 24.3 Å². The number of piperidine rings is 1. The van der Waals surface area contributed by atoms with E-state index in [1.165, 1.54) is 19.3 Å². The van der Waals surface area contributed by atoms with Crippen molar-refractivity contribution in [2.75, 3.05) is 18.5 Å². The van der Waals surface area contributed by atoms with E-state index in [0.717, 1.165) is 29.5 Å². The fraction of sp³-hybridized carbons (Fsp3) is 0.562. The van der Waals surface area contributed by atoms with Crippen molar-refractivity contribution in [2.45, 2.75) is 45.6 Å². The number of benzene rings is 1. The van der Waals surface area contributed by atoms with Crippen LogP contribution in [0.5, 0.6) is 5.75 Å². The van der Waals surface area contributed by atoms with E-state index in [4.69, 9.17) is 17.0 Å². The van der Waals surface area contributed by atoms with Crippen molar-refractivity contribution in [3.05, 3.63) is 24.3 Å². The first-order valence-electron chi connectivity index (χ1n) is 7.55. The molecule has 3 nitrogen and oxygen atoms in total. The van der Waals surface area contributed by atoms with Crippen molar-refractivity contribution < 1.29 is 4.74 Å². The first-order chi connectivity index (χ1) is 9.74. The van der Waals surface area contributed by atoms with Gasteiger partial charge in [-0.1, -0.05) is 6.92 Å². The monoisotopic (exact) mass is 292 g/mol. The predicted molar refractivity (Wildman–Crippen MR) is 88.5 cm³/mol. The first kappa shape index (κ1) is 15.1. The third-order valence-electron chi connectivity index (χ3n) is 3.78. The quantitative estimate of drug-likeness (QED) is 0.846. The lowest BCUT2D eigenvalue weighted by molar-refractivity contribution is 0.239. The molecule has 2 rings (SSSR count). The highest BCUT2D eigenvalue weighted by atomic mass is 32.1. The molecule has 1 fully saturated rings. The summed E-state index contributed by atoms with van der Waals surface area (Å²) in [7, 11) is 0. The maximum Gasteiger partial charge on any atom is 0.173 e. The van der Waals surface area contributed by atoms with Gasteiger partial charge in [0.15, 0.2) is 5.11 Å². The standard InChI is InChI=1S/C16H24N2OS/c1-3-14-7-5-6-12-18(14)16(20)17-13-8-10-15(11-9-13)19-4-2/h8-11,14H,3-7,12H2,1-2H3,(H,17,20)/t14-/m0/s1. The average molecular weight is 292 g/mol. The Morgan fingerprint density at radius 2 is 2.05 bits per heavy atom. The van der Waals surface area contributed by atoms with E-state index in [2.05, 4.69) is 17.1 Å². The highest BCUT2D eigenvalue weighted by Crippen LogP contribution is 2.21. The molecule has 0 radical (unpaired) electrons. The Morgan fingerprint density at radius 3 is 2.70 bits per heavy atom. The van der Waals surface area contributed by atoms with Crippen molar-refractivity contribution >= 4 is 23.0 Å². The molecule has 0 bridgehead atoms. The summed E-state index contributed by atoms with van der Waals surface area (Å²) in [6.07, 6.45) is 4.97. The second-order valence-electron chi connectivity index (χ2n) is 5.14. The highest BCUT2D eigenvalue weighted by molar-refractivity contribution is 7.80. The molecule has 1 N–H and O–H groups in total. The van der Waals surface area contributed by atoms with Crippen molar-refractivity contribution in [1.29, 1.82) is 0 Å². The third kappa shape index (κ3) is 3.85. The Balaban J connectivity index is 1.96. The van der Waals surface area contributed by atoms with Gasteiger partial charge in [0.1, 0.15) is 5.75 Å². The van der Waals surface area contributed by atoms with E-state index in [-0.39, 0.29) is 0 Å². The lowest BCUT2D eigenvalue weighted by atomic mass is 10.0. The topological polar surface area (TPSA) is 24.5 Å². The van der Waals surface area contributed by atoms with E-state index >= 15 is 0 Å². The summed E-state index contributed by atoms with van der Waals surface area (Å²) in [4.78, 5) is 2.34. The summed E-state index contributed by atoms with van der Waals surface area (Å²) in [5.74, 6) is 0.897. The minimum Gasteiger partial charge on any atom is -0.494 e. The van der Waals surface area contributed by atoms with Crippen LogP contribution in [0.2, 0.25) is 0 Å². The van der Waals surface area contributed by atoms with Crippen LogP contribution in [0.25, 0.3) is 0 Å². The molecule has 110 valence electrons. The van der Waals surface area contributed by atoms with Gasteiger partial charge >= 0.3 is 0 Å². The van der Waals surface area contributed by atoms with Crippen LogP contribution in [0.3, 0.4) is 0 Å². The smallest absolute Gasteiger partial charge is 0.173 e. The molecule has 0 saturated carbocycles. The SMILES string of the molecule is CCOc1ccc(NC(=S)N2CCCC[C@@H]2CC)cc1. The molecule has 1 aliphatic rings. The number of thiocarbonyl (C=S) groups is 1. The van der Waals surface area contributed by atoms with Crippen LogP contribution in [0, 0.1) is 0 Å². The summed E-state index contributed by atoms with van der Waals surface area (Å²) >= 11 is 5.57. The van der Waals surface area contributed by atoms with Gasteiger partial charge in [-0.15, -0.1) is 0 Å². The summed E-state index contributed by atoms with van der Waals surface area (Å²) in [5.41, 5.74) is 1.03. The van der Waals surface area contributed by atoms with Gasteiger partial charge in [-0.05, 0) is 69.1 Å². The zero-order valence-electron chi connectivity index (χ0n) is 12.4. The van der Waals surface area contributed by atoms with Crippen LogP contribution in [-0.4, -0.2) is 29.2 Å². The lowest BCUT2D eigenvalue weighted by Gasteiger charge is -2.37. The zero-order chi connectivity index (χ0) is 14.4. The predicted octanol–water partition coefficient (Wildman–Crippen LogP) is 4.05. The molecule has 1 atom stereocenters. The Labute approximate surface area is 127 Å². The van der Waals surface area contributed by atoms with E-state index in [0.29, 0.717) is 12.6 Å². The van der Waals surface area contributed by atoms with Crippen molar-refractivity contribution in [3.63, 3.8) is 0 Å². The van der Waals surface area contributed by atoms with Gasteiger partial charge in [-0.3, -0.25) is 0 Å². The van der Waals surface area contributed by atoms with Gasteiger partial charge in [0.05, 0.1) is 6.61 Å². The Hall–Kier alpha value is -1.29. The molecule has 1 saturated heterocycles. The molecule has 1 aromatic carbocycles. The maximum absolute atomic E-state index is 5.57. The van der Waals surface area contributed by atoms with Crippen molar-refractivity contribution in [3.8, 4) is 5.75 Å². The largest absolute Gasteiger partial charge is 0.494 e. The Bertz CT molecular complexity index is 433. The first-order valence-corrected chi connectivity index (χ1v) is 7.96. The summed E-state index contributed by atoms with van der Waals surface area (Å²) < 4.78 is 5.45. The number of hydrogen-bond acceptors (Lipinski definition) is 2. The minimum atomic E-state index is 0.589. The molecule has 0 aromatic heterocycles. The maximum atomic E-state index is 5.57. The van der Waals surface area contributed by atoms with Crippen LogP contribution in [-0.2, 0) is 0 Å². The fourth-order valence-corrected chi connectivity index (χ4v) is 3.05. The molecule has 20 heavy (non-hydrogen) atoms. The molecule has 0 spiro atoms. The number of ether oxygens (including phenoxy) is 1. The number of likely N-dealkylation sites (tertiary alicyclic amines) is 1. The van der Waals surface area contributed by atoms with Crippen molar-refractivity contribution in [1.82, 2.24) is 4.90 Å². The molecule has 1 heterocycles. The van der Waals surface area contributed by atoms with Crippen LogP contribution < -0.4 is 10.1 Å². The Kier molecular flexibility index (Phi) is 5.65. The number of rotatable bonds is 4. The molecular weight excluding hydrogens is 268 g/mol. The minimum absolute atomic E-state index is 0.589. The summed E-state index contributed by atoms with van der Waals surface area (Å²) in [5, 5.41) is 4.19. The second-order valence-corrected chi connectivity index (χ2v) is 5.53. The number of nitrogens with zero attached hydrogens (tertiary/aromatic N) is 1. The van der Waals surface area contributed by atoms with Gasteiger partial charge in [0.2, 0.25) is 0 Å². The van der Waals surface area contributed by atoms with Gasteiger partial charge in [-0.2, -0.15) is 0 Å². The van der Waals surface area contributed by atoms with Crippen LogP contribution in [0.1, 0.15) is 39.5 Å². The van der Waals surface area contributed by atoms with Gasteiger partial charge < -0.3 is 15.0 Å². The van der Waals surface area contributed by atoms with E-state index in [1.807, 2.05) is 31.2 Å². The molecule has 1 aliphatic heterocycles. The normalized spacial score (nSPS) is 18.7. The molecule has 1 aromatic rings. The fourth-order valence-electron chi connectivity index (χ4n) is 2.69. The zero-order valence-corrected chi connectivity index (χ0v) is 13.2. The highest BCUT2D eigenvalue weighted by Gasteiger charge is 2.22. The lowest BCUT2D eigenvalue weighted by Crippen LogP contribution is -2.45. The van der Waals surface area contributed by atoms with E-state index in [1.54, 1.807) is 0 Å². The van der Waals surface area contributed by atoms with Crippen molar-refractivity contribution in [2.24, 2.45) is 0 Å². The van der Waals surface area contributed by atoms with Crippen LogP contribution >= 0.6 is 12.2 Å². The summed E-state index contributed by atoms with van der Waals surface area (Å²) in [6.45, 7) is 5.99. The second kappa shape index (κ2) is 7.48. The summed E-state index contributed by atoms with van der Waals surface area (Å²) in [6, 6.07) is 8.57. The van der Waals surface area contributed by atoms with E-state index in [9.17, 15) is 0 Å². The number of nitrogens with one attached hydrogen (secondary N) is 1. The van der Waals surface area contributed by atoms with Gasteiger partial charge in [-0.25, -0.2) is 0 Å². The molecular formula is C16H24N2OS. The number of anilines is 1. The van der Waals surface area contributed by atoms with E-state index < -0.39 is 0 Å². The molecule has 4 heteroatoms. The molecule has 0 unspecified atom stereocenters. The van der Waals surface area contributed by atoms with Gasteiger partial charge in [0.25, 0.3) is 0 Å². The van der Waals surface area contributed by atoms with Crippen LogP contribution in [0.4, 0.5) is 5.69 Å². The third-order valence-corrected chi connectivity index (χ3v) is 4.11.